The van der Waals surface area contributed by atoms with Crippen LogP contribution in [0.15, 0.2) is 0 Å². The molecule has 0 radical (unpaired) electrons. The Kier molecular flexibility index (Phi) is 21.9. The Bertz CT molecular complexity index is 103. The number of unbranched alkanes of at least 4 members (excludes halogenated alkanes) is 9. The van der Waals surface area contributed by atoms with Crippen LogP contribution >= 0.6 is 17.0 Å². The van der Waals surface area contributed by atoms with Crippen LogP contribution in [0.3, 0.4) is 0 Å². The maximum absolute atomic E-state index is 3.46. The Hall–Kier alpha value is 0.440. The SMILES string of the molecule is Br.CCCCCCCCCCCCNCCC. The first-order chi connectivity index (χ1) is 7.91. The van der Waals surface area contributed by atoms with Gasteiger partial charge in [-0.25, -0.2) is 0 Å². The third-order valence-corrected chi connectivity index (χ3v) is 3.13. The van der Waals surface area contributed by atoms with Gasteiger partial charge in [-0.3, -0.25) is 0 Å². The Balaban J connectivity index is 0. The van der Waals surface area contributed by atoms with Crippen molar-refractivity contribution in [1.29, 1.82) is 0 Å². The molecular formula is C15H34BrN. The molecule has 0 aliphatic heterocycles. The van der Waals surface area contributed by atoms with Crippen molar-refractivity contribution in [2.45, 2.75) is 84.5 Å². The summed E-state index contributed by atoms with van der Waals surface area (Å²) < 4.78 is 0. The Morgan fingerprint density at radius 3 is 1.47 bits per heavy atom. The summed E-state index contributed by atoms with van der Waals surface area (Å²) in [6, 6.07) is 0. The van der Waals surface area contributed by atoms with Crippen molar-refractivity contribution in [3.63, 3.8) is 0 Å². The van der Waals surface area contributed by atoms with Gasteiger partial charge in [0.05, 0.1) is 0 Å². The minimum Gasteiger partial charge on any atom is -0.317 e. The molecule has 0 aromatic rings. The van der Waals surface area contributed by atoms with Gasteiger partial charge in [-0.1, -0.05) is 71.6 Å². The molecule has 0 saturated heterocycles. The predicted octanol–water partition coefficient (Wildman–Crippen LogP) is 5.48. The maximum Gasteiger partial charge on any atom is -0.00489 e. The first-order valence-electron chi connectivity index (χ1n) is 7.62. The fraction of sp³-hybridized carbons (Fsp3) is 1.00. The van der Waals surface area contributed by atoms with E-state index < -0.39 is 0 Å². The summed E-state index contributed by atoms with van der Waals surface area (Å²) in [5, 5.41) is 3.46. The van der Waals surface area contributed by atoms with Gasteiger partial charge in [0.1, 0.15) is 0 Å². The smallest absolute Gasteiger partial charge is 0.00489 e. The molecule has 0 bridgehead atoms. The van der Waals surface area contributed by atoms with E-state index in [1.165, 1.54) is 83.7 Å². The lowest BCUT2D eigenvalue weighted by molar-refractivity contribution is 0.543. The molecule has 0 atom stereocenters. The van der Waals surface area contributed by atoms with Crippen LogP contribution in [-0.2, 0) is 0 Å². The van der Waals surface area contributed by atoms with Crippen LogP contribution < -0.4 is 5.32 Å². The molecule has 0 unspecified atom stereocenters. The molecule has 1 nitrogen and oxygen atoms in total. The van der Waals surface area contributed by atoms with Crippen LogP contribution in [0.2, 0.25) is 0 Å². The summed E-state index contributed by atoms with van der Waals surface area (Å²) in [5.41, 5.74) is 0. The van der Waals surface area contributed by atoms with E-state index in [4.69, 9.17) is 0 Å². The summed E-state index contributed by atoms with van der Waals surface area (Å²) in [6.07, 6.45) is 15.6. The van der Waals surface area contributed by atoms with Crippen molar-refractivity contribution in [1.82, 2.24) is 5.32 Å². The van der Waals surface area contributed by atoms with Crippen molar-refractivity contribution in [3.8, 4) is 0 Å². The molecule has 0 spiro atoms. The summed E-state index contributed by atoms with van der Waals surface area (Å²) in [6.45, 7) is 6.93. The highest BCUT2D eigenvalue weighted by molar-refractivity contribution is 8.93. The molecule has 0 saturated carbocycles. The average Bonchev–Trinajstić information content (AvgIpc) is 2.31. The fourth-order valence-corrected chi connectivity index (χ4v) is 2.04. The van der Waals surface area contributed by atoms with Gasteiger partial charge in [-0.15, -0.1) is 17.0 Å². The maximum atomic E-state index is 3.46. The van der Waals surface area contributed by atoms with Gasteiger partial charge >= 0.3 is 0 Å². The van der Waals surface area contributed by atoms with E-state index in [2.05, 4.69) is 19.2 Å². The molecule has 0 amide bonds. The third-order valence-electron chi connectivity index (χ3n) is 3.13. The molecule has 2 heteroatoms. The minimum atomic E-state index is 0. The number of hydrogen-bond acceptors (Lipinski definition) is 1. The number of nitrogens with one attached hydrogen (secondary N) is 1. The average molecular weight is 308 g/mol. The van der Waals surface area contributed by atoms with Crippen molar-refractivity contribution in [3.05, 3.63) is 0 Å². The standard InChI is InChI=1S/C15H33N.BrH/c1-3-5-6-7-8-9-10-11-12-13-15-16-14-4-2;/h16H,3-15H2,1-2H3;1H. The Labute approximate surface area is 120 Å². The first-order valence-corrected chi connectivity index (χ1v) is 7.62. The van der Waals surface area contributed by atoms with Crippen molar-refractivity contribution < 1.29 is 0 Å². The highest BCUT2D eigenvalue weighted by atomic mass is 79.9. The molecule has 0 aliphatic carbocycles. The molecule has 0 aromatic heterocycles. The van der Waals surface area contributed by atoms with Crippen molar-refractivity contribution in [2.75, 3.05) is 13.1 Å². The number of halogens is 1. The molecule has 0 rings (SSSR count). The van der Waals surface area contributed by atoms with Crippen LogP contribution in [0, 0.1) is 0 Å². The molecule has 106 valence electrons. The molecular weight excluding hydrogens is 274 g/mol. The van der Waals surface area contributed by atoms with Gasteiger partial charge in [0.25, 0.3) is 0 Å². The van der Waals surface area contributed by atoms with Gasteiger partial charge in [0.15, 0.2) is 0 Å². The molecule has 0 aliphatic rings. The second-order valence-electron chi connectivity index (χ2n) is 4.93. The lowest BCUT2D eigenvalue weighted by Gasteiger charge is -2.03. The van der Waals surface area contributed by atoms with Gasteiger partial charge in [-0.2, -0.15) is 0 Å². The summed E-state index contributed by atoms with van der Waals surface area (Å²) in [5.74, 6) is 0. The zero-order chi connectivity index (χ0) is 11.9. The predicted molar refractivity (Wildman–Crippen MR) is 85.3 cm³/mol. The van der Waals surface area contributed by atoms with Gasteiger partial charge in [-0.05, 0) is 25.9 Å². The zero-order valence-electron chi connectivity index (χ0n) is 12.1. The lowest BCUT2D eigenvalue weighted by Crippen LogP contribution is -2.15. The van der Waals surface area contributed by atoms with Crippen LogP contribution in [0.5, 0.6) is 0 Å². The highest BCUT2D eigenvalue weighted by Gasteiger charge is 1.92. The summed E-state index contributed by atoms with van der Waals surface area (Å²) >= 11 is 0. The van der Waals surface area contributed by atoms with E-state index >= 15 is 0 Å². The van der Waals surface area contributed by atoms with Crippen LogP contribution in [-0.4, -0.2) is 13.1 Å². The summed E-state index contributed by atoms with van der Waals surface area (Å²) in [7, 11) is 0. The zero-order valence-corrected chi connectivity index (χ0v) is 13.8. The van der Waals surface area contributed by atoms with Crippen LogP contribution in [0.1, 0.15) is 84.5 Å². The number of hydrogen-bond donors (Lipinski definition) is 1. The van der Waals surface area contributed by atoms with Crippen LogP contribution in [0.25, 0.3) is 0 Å². The molecule has 0 fully saturated rings. The van der Waals surface area contributed by atoms with Gasteiger partial charge < -0.3 is 5.32 Å². The number of rotatable bonds is 13. The highest BCUT2D eigenvalue weighted by Crippen LogP contribution is 2.10. The Morgan fingerprint density at radius 1 is 0.529 bits per heavy atom. The minimum absolute atomic E-state index is 0. The third kappa shape index (κ3) is 19.0. The van der Waals surface area contributed by atoms with E-state index in [1.807, 2.05) is 0 Å². The fourth-order valence-electron chi connectivity index (χ4n) is 2.04. The van der Waals surface area contributed by atoms with Crippen LogP contribution in [0.4, 0.5) is 0 Å². The van der Waals surface area contributed by atoms with E-state index in [0.29, 0.717) is 0 Å². The van der Waals surface area contributed by atoms with Gasteiger partial charge in [0.2, 0.25) is 0 Å². The normalized spacial score (nSPS) is 10.2. The van der Waals surface area contributed by atoms with E-state index in [-0.39, 0.29) is 17.0 Å². The summed E-state index contributed by atoms with van der Waals surface area (Å²) in [4.78, 5) is 0. The largest absolute Gasteiger partial charge is 0.317 e. The molecule has 0 heterocycles. The van der Waals surface area contributed by atoms with E-state index in [0.717, 1.165) is 0 Å². The quantitative estimate of drug-likeness (QED) is 0.444. The Morgan fingerprint density at radius 2 is 1.00 bits per heavy atom. The molecule has 0 aromatic carbocycles. The van der Waals surface area contributed by atoms with E-state index in [1.54, 1.807) is 0 Å². The second-order valence-corrected chi connectivity index (χ2v) is 4.93. The second kappa shape index (κ2) is 18.8. The first kappa shape index (κ1) is 19.8. The monoisotopic (exact) mass is 307 g/mol. The topological polar surface area (TPSA) is 12.0 Å². The van der Waals surface area contributed by atoms with Crippen molar-refractivity contribution in [2.24, 2.45) is 0 Å². The van der Waals surface area contributed by atoms with Gasteiger partial charge in [0, 0.05) is 0 Å². The lowest BCUT2D eigenvalue weighted by atomic mass is 10.1. The molecule has 1 N–H and O–H groups in total. The molecule has 17 heavy (non-hydrogen) atoms. The van der Waals surface area contributed by atoms with E-state index in [9.17, 15) is 0 Å². The van der Waals surface area contributed by atoms with Crippen molar-refractivity contribution >= 4 is 17.0 Å².